The van der Waals surface area contributed by atoms with Crippen molar-refractivity contribution in [2.24, 2.45) is 5.92 Å². The number of rotatable bonds is 4. The Labute approximate surface area is 98.4 Å². The summed E-state index contributed by atoms with van der Waals surface area (Å²) in [7, 11) is 0. The molecule has 1 atom stereocenters. The minimum Gasteiger partial charge on any atom is -0.399 e. The van der Waals surface area contributed by atoms with Crippen molar-refractivity contribution in [2.45, 2.75) is 32.7 Å². The van der Waals surface area contributed by atoms with E-state index in [2.05, 4.69) is 24.0 Å². The first-order chi connectivity index (χ1) is 7.78. The summed E-state index contributed by atoms with van der Waals surface area (Å²) >= 11 is 0. The average molecular weight is 218 g/mol. The number of likely N-dealkylation sites (tertiary alicyclic amines) is 1. The van der Waals surface area contributed by atoms with Crippen LogP contribution in [0.1, 0.15) is 31.7 Å². The second-order valence-electron chi connectivity index (χ2n) is 4.92. The van der Waals surface area contributed by atoms with Gasteiger partial charge in [0.1, 0.15) is 0 Å². The summed E-state index contributed by atoms with van der Waals surface area (Å²) in [6.45, 7) is 5.90. The van der Waals surface area contributed by atoms with Crippen LogP contribution in [-0.4, -0.2) is 18.0 Å². The Hall–Kier alpha value is -1.02. The second kappa shape index (κ2) is 5.35. The smallest absolute Gasteiger partial charge is 0.0314 e. The molecule has 0 aromatic heterocycles. The molecule has 1 aromatic rings. The number of benzene rings is 1. The molecule has 0 radical (unpaired) electrons. The number of hydrogen-bond donors (Lipinski definition) is 1. The Morgan fingerprint density at radius 2 is 2.06 bits per heavy atom. The van der Waals surface area contributed by atoms with Gasteiger partial charge in [0.25, 0.3) is 0 Å². The first-order valence-electron chi connectivity index (χ1n) is 6.34. The van der Waals surface area contributed by atoms with Crippen LogP contribution in [0.3, 0.4) is 0 Å². The Bertz CT molecular complexity index is 318. The number of nitrogen functional groups attached to an aromatic ring is 1. The molecule has 0 aliphatic carbocycles. The Kier molecular flexibility index (Phi) is 3.83. The van der Waals surface area contributed by atoms with E-state index >= 15 is 0 Å². The van der Waals surface area contributed by atoms with Crippen LogP contribution in [0.25, 0.3) is 0 Å². The van der Waals surface area contributed by atoms with E-state index in [1.54, 1.807) is 0 Å². The highest BCUT2D eigenvalue weighted by atomic mass is 15.1. The molecular weight excluding hydrogens is 196 g/mol. The predicted octanol–water partition coefficient (Wildman–Crippen LogP) is 2.89. The lowest BCUT2D eigenvalue weighted by atomic mass is 10.0. The van der Waals surface area contributed by atoms with E-state index in [1.165, 1.54) is 37.9 Å². The number of nitrogens with two attached hydrogens (primary N) is 1. The second-order valence-corrected chi connectivity index (χ2v) is 4.92. The van der Waals surface area contributed by atoms with Gasteiger partial charge in [0, 0.05) is 18.8 Å². The molecule has 2 nitrogen and oxygen atoms in total. The largest absolute Gasteiger partial charge is 0.399 e. The fourth-order valence-electron chi connectivity index (χ4n) is 2.58. The van der Waals surface area contributed by atoms with Gasteiger partial charge in [-0.05, 0) is 43.0 Å². The van der Waals surface area contributed by atoms with Crippen molar-refractivity contribution in [1.29, 1.82) is 0 Å². The molecule has 1 aliphatic rings. The van der Waals surface area contributed by atoms with Gasteiger partial charge < -0.3 is 5.73 Å². The number of anilines is 1. The molecular formula is C14H22N2. The molecule has 0 saturated carbocycles. The summed E-state index contributed by atoms with van der Waals surface area (Å²) in [6, 6.07) is 8.27. The first-order valence-corrected chi connectivity index (χ1v) is 6.34. The fourth-order valence-corrected chi connectivity index (χ4v) is 2.58. The van der Waals surface area contributed by atoms with E-state index in [9.17, 15) is 0 Å². The lowest BCUT2D eigenvalue weighted by molar-refractivity contribution is 0.313. The van der Waals surface area contributed by atoms with Gasteiger partial charge in [0.2, 0.25) is 0 Å². The Morgan fingerprint density at radius 1 is 1.31 bits per heavy atom. The predicted molar refractivity (Wildman–Crippen MR) is 69.1 cm³/mol. The third kappa shape index (κ3) is 2.99. The molecule has 1 fully saturated rings. The van der Waals surface area contributed by atoms with E-state index < -0.39 is 0 Å². The third-order valence-corrected chi connectivity index (χ3v) is 3.45. The van der Waals surface area contributed by atoms with Crippen LogP contribution in [0, 0.1) is 5.92 Å². The number of hydrogen-bond acceptors (Lipinski definition) is 2. The topological polar surface area (TPSA) is 29.3 Å². The third-order valence-electron chi connectivity index (χ3n) is 3.45. The summed E-state index contributed by atoms with van der Waals surface area (Å²) in [5.41, 5.74) is 7.92. The van der Waals surface area contributed by atoms with Crippen LogP contribution >= 0.6 is 0 Å². The zero-order valence-corrected chi connectivity index (χ0v) is 10.2. The van der Waals surface area contributed by atoms with E-state index in [0.717, 1.165) is 18.2 Å². The molecule has 2 heteroatoms. The molecule has 16 heavy (non-hydrogen) atoms. The Morgan fingerprint density at radius 3 is 2.75 bits per heavy atom. The first kappa shape index (κ1) is 11.5. The van der Waals surface area contributed by atoms with Gasteiger partial charge >= 0.3 is 0 Å². The molecule has 0 bridgehead atoms. The van der Waals surface area contributed by atoms with Gasteiger partial charge in [0.05, 0.1) is 0 Å². The van der Waals surface area contributed by atoms with Crippen LogP contribution in [0.5, 0.6) is 0 Å². The minimum atomic E-state index is 0.856. The van der Waals surface area contributed by atoms with Crippen molar-refractivity contribution in [3.05, 3.63) is 29.8 Å². The zero-order valence-electron chi connectivity index (χ0n) is 10.2. The fraction of sp³-hybridized carbons (Fsp3) is 0.571. The van der Waals surface area contributed by atoms with E-state index in [4.69, 9.17) is 5.73 Å². The average Bonchev–Trinajstić information content (AvgIpc) is 2.70. The van der Waals surface area contributed by atoms with Crippen molar-refractivity contribution >= 4 is 5.69 Å². The van der Waals surface area contributed by atoms with Crippen LogP contribution in [-0.2, 0) is 6.54 Å². The van der Waals surface area contributed by atoms with Crippen LogP contribution < -0.4 is 5.73 Å². The van der Waals surface area contributed by atoms with Gasteiger partial charge in [-0.3, -0.25) is 4.90 Å². The van der Waals surface area contributed by atoms with E-state index in [0.29, 0.717) is 0 Å². The molecule has 1 aromatic carbocycles. The maximum Gasteiger partial charge on any atom is 0.0314 e. The van der Waals surface area contributed by atoms with Crippen molar-refractivity contribution in [3.63, 3.8) is 0 Å². The summed E-state index contributed by atoms with van der Waals surface area (Å²) < 4.78 is 0. The van der Waals surface area contributed by atoms with Crippen molar-refractivity contribution in [3.8, 4) is 0 Å². The molecule has 2 N–H and O–H groups in total. The van der Waals surface area contributed by atoms with Gasteiger partial charge in [0.15, 0.2) is 0 Å². The molecule has 2 rings (SSSR count). The summed E-state index contributed by atoms with van der Waals surface area (Å²) in [6.07, 6.45) is 4.08. The molecule has 0 spiro atoms. The standard InChI is InChI=1S/C14H22N2/c1-2-3-12-8-9-16(10-12)11-13-4-6-14(15)7-5-13/h4-7,12H,2-3,8-11,15H2,1H3. The summed E-state index contributed by atoms with van der Waals surface area (Å²) in [5, 5.41) is 0. The minimum absolute atomic E-state index is 0.856. The zero-order chi connectivity index (χ0) is 11.4. The lowest BCUT2D eigenvalue weighted by Gasteiger charge is -2.16. The molecule has 1 aliphatic heterocycles. The summed E-state index contributed by atoms with van der Waals surface area (Å²) in [4.78, 5) is 2.56. The van der Waals surface area contributed by atoms with Crippen molar-refractivity contribution < 1.29 is 0 Å². The quantitative estimate of drug-likeness (QED) is 0.787. The van der Waals surface area contributed by atoms with Gasteiger partial charge in [-0.25, -0.2) is 0 Å². The molecule has 0 amide bonds. The van der Waals surface area contributed by atoms with Crippen molar-refractivity contribution in [2.75, 3.05) is 18.8 Å². The molecule has 1 heterocycles. The normalized spacial score (nSPS) is 21.4. The van der Waals surface area contributed by atoms with Gasteiger partial charge in [-0.15, -0.1) is 0 Å². The monoisotopic (exact) mass is 218 g/mol. The highest BCUT2D eigenvalue weighted by Crippen LogP contribution is 2.22. The SMILES string of the molecule is CCCC1CCN(Cc2ccc(N)cc2)C1. The Balaban J connectivity index is 1.84. The van der Waals surface area contributed by atoms with Crippen LogP contribution in [0.2, 0.25) is 0 Å². The van der Waals surface area contributed by atoms with Crippen molar-refractivity contribution in [1.82, 2.24) is 4.90 Å². The van der Waals surface area contributed by atoms with Gasteiger partial charge in [-0.2, -0.15) is 0 Å². The highest BCUT2D eigenvalue weighted by molar-refractivity contribution is 5.39. The van der Waals surface area contributed by atoms with Crippen LogP contribution in [0.15, 0.2) is 24.3 Å². The van der Waals surface area contributed by atoms with Gasteiger partial charge in [-0.1, -0.05) is 25.5 Å². The maximum atomic E-state index is 5.68. The molecule has 1 saturated heterocycles. The molecule has 1 unspecified atom stereocenters. The highest BCUT2D eigenvalue weighted by Gasteiger charge is 2.21. The lowest BCUT2D eigenvalue weighted by Crippen LogP contribution is -2.20. The maximum absolute atomic E-state index is 5.68. The van der Waals surface area contributed by atoms with E-state index in [1.807, 2.05) is 12.1 Å². The molecule has 88 valence electrons. The van der Waals surface area contributed by atoms with E-state index in [-0.39, 0.29) is 0 Å². The summed E-state index contributed by atoms with van der Waals surface area (Å²) in [5.74, 6) is 0.929. The number of nitrogens with zero attached hydrogens (tertiary/aromatic N) is 1. The van der Waals surface area contributed by atoms with Crippen LogP contribution in [0.4, 0.5) is 5.69 Å².